The van der Waals surface area contributed by atoms with Gasteiger partial charge in [-0.3, -0.25) is 9.59 Å². The van der Waals surface area contributed by atoms with Gasteiger partial charge in [0.25, 0.3) is 0 Å². The summed E-state index contributed by atoms with van der Waals surface area (Å²) in [6.07, 6.45) is 1.28. The molecule has 23 heavy (non-hydrogen) atoms. The van der Waals surface area contributed by atoms with Crippen molar-refractivity contribution in [2.75, 3.05) is 13.7 Å². The molecule has 7 nitrogen and oxygen atoms in total. The first kappa shape index (κ1) is 16.8. The number of amides is 1. The van der Waals surface area contributed by atoms with Crippen molar-refractivity contribution in [3.05, 3.63) is 29.8 Å². The average Bonchev–Trinajstić information content (AvgIpc) is 3.00. The molecule has 1 aromatic rings. The van der Waals surface area contributed by atoms with Gasteiger partial charge in [-0.15, -0.1) is 0 Å². The molecule has 1 unspecified atom stereocenters. The summed E-state index contributed by atoms with van der Waals surface area (Å²) in [5, 5.41) is 16.0. The van der Waals surface area contributed by atoms with Crippen LogP contribution in [0.3, 0.4) is 0 Å². The van der Waals surface area contributed by atoms with Gasteiger partial charge in [-0.25, -0.2) is 0 Å². The summed E-state index contributed by atoms with van der Waals surface area (Å²) >= 11 is 0. The van der Waals surface area contributed by atoms with Crippen molar-refractivity contribution in [3.8, 4) is 5.75 Å². The molecule has 0 aromatic heterocycles. The fraction of sp³-hybridized carbons (Fsp3) is 0.438. The Morgan fingerprint density at radius 3 is 2.83 bits per heavy atom. The number of rotatable bonds is 7. The molecule has 1 aliphatic rings. The van der Waals surface area contributed by atoms with Crippen molar-refractivity contribution in [2.24, 2.45) is 5.16 Å². The quantitative estimate of drug-likeness (QED) is 0.584. The summed E-state index contributed by atoms with van der Waals surface area (Å²) in [5.41, 5.74) is 1.62. The molecule has 1 amide bonds. The van der Waals surface area contributed by atoms with Crippen molar-refractivity contribution in [1.29, 1.82) is 0 Å². The molecule has 0 aliphatic carbocycles. The Morgan fingerprint density at radius 1 is 1.39 bits per heavy atom. The van der Waals surface area contributed by atoms with Crippen LogP contribution in [0, 0.1) is 0 Å². The number of benzene rings is 1. The second-order valence-electron chi connectivity index (χ2n) is 5.25. The summed E-state index contributed by atoms with van der Waals surface area (Å²) in [7, 11) is 1.34. The lowest BCUT2D eigenvalue weighted by Crippen LogP contribution is -2.28. The largest absolute Gasteiger partial charge is 0.508 e. The number of methoxy groups -OCH3 is 1. The number of aromatic hydroxyl groups is 1. The highest BCUT2D eigenvalue weighted by atomic mass is 16.6. The number of esters is 1. The maximum atomic E-state index is 11.8. The Hall–Kier alpha value is -2.57. The Labute approximate surface area is 134 Å². The third-order valence-electron chi connectivity index (χ3n) is 3.45. The molecule has 0 spiro atoms. The van der Waals surface area contributed by atoms with E-state index in [9.17, 15) is 14.7 Å². The van der Waals surface area contributed by atoms with Crippen LogP contribution in [-0.2, 0) is 19.2 Å². The lowest BCUT2D eigenvalue weighted by Gasteiger charge is -2.08. The van der Waals surface area contributed by atoms with Gasteiger partial charge in [0.1, 0.15) is 11.9 Å². The zero-order valence-electron chi connectivity index (χ0n) is 12.9. The molecule has 1 aromatic carbocycles. The standard InChI is InChI=1S/C16H20N2O5/c1-22-16(21)3-2-8-17-15(20)10-13-9-14(18-23-13)11-4-6-12(19)7-5-11/h4-7,13,19H,2-3,8-10H2,1H3,(H,17,20). The second kappa shape index (κ2) is 8.17. The van der Waals surface area contributed by atoms with Gasteiger partial charge in [-0.1, -0.05) is 5.16 Å². The summed E-state index contributed by atoms with van der Waals surface area (Å²) < 4.78 is 4.52. The topological polar surface area (TPSA) is 97.2 Å². The van der Waals surface area contributed by atoms with Crippen LogP contribution >= 0.6 is 0 Å². The van der Waals surface area contributed by atoms with Gasteiger partial charge in [0.15, 0.2) is 0 Å². The highest BCUT2D eigenvalue weighted by Crippen LogP contribution is 2.20. The number of oxime groups is 1. The van der Waals surface area contributed by atoms with E-state index in [1.807, 2.05) is 0 Å². The molecule has 1 heterocycles. The van der Waals surface area contributed by atoms with E-state index >= 15 is 0 Å². The minimum atomic E-state index is -0.292. The average molecular weight is 320 g/mol. The maximum Gasteiger partial charge on any atom is 0.305 e. The highest BCUT2D eigenvalue weighted by molar-refractivity contribution is 6.01. The Morgan fingerprint density at radius 2 is 2.13 bits per heavy atom. The van der Waals surface area contributed by atoms with E-state index in [-0.39, 0.29) is 36.6 Å². The van der Waals surface area contributed by atoms with E-state index in [4.69, 9.17) is 4.84 Å². The predicted octanol–water partition coefficient (Wildman–Crippen LogP) is 1.34. The maximum absolute atomic E-state index is 11.8. The molecule has 0 bridgehead atoms. The summed E-state index contributed by atoms with van der Waals surface area (Å²) in [5.74, 6) is -0.233. The number of phenolic OH excluding ortho intramolecular Hbond substituents is 1. The number of nitrogens with zero attached hydrogens (tertiary/aromatic N) is 1. The number of nitrogens with one attached hydrogen (secondary N) is 1. The van der Waals surface area contributed by atoms with E-state index in [0.717, 1.165) is 11.3 Å². The third-order valence-corrected chi connectivity index (χ3v) is 3.45. The van der Waals surface area contributed by atoms with E-state index in [1.54, 1.807) is 24.3 Å². The number of hydrogen-bond donors (Lipinski definition) is 2. The van der Waals surface area contributed by atoms with Crippen LogP contribution in [-0.4, -0.2) is 42.5 Å². The number of hydrogen-bond acceptors (Lipinski definition) is 6. The Balaban J connectivity index is 1.69. The van der Waals surface area contributed by atoms with Gasteiger partial charge in [0.05, 0.1) is 19.2 Å². The zero-order chi connectivity index (χ0) is 16.7. The smallest absolute Gasteiger partial charge is 0.305 e. The van der Waals surface area contributed by atoms with E-state index in [1.165, 1.54) is 7.11 Å². The van der Waals surface area contributed by atoms with E-state index < -0.39 is 0 Å². The van der Waals surface area contributed by atoms with Gasteiger partial charge in [0, 0.05) is 19.4 Å². The van der Waals surface area contributed by atoms with Crippen LogP contribution in [0.4, 0.5) is 0 Å². The fourth-order valence-corrected chi connectivity index (χ4v) is 2.20. The molecule has 7 heteroatoms. The first-order chi connectivity index (χ1) is 11.1. The van der Waals surface area contributed by atoms with Crippen LogP contribution in [0.1, 0.15) is 31.2 Å². The summed E-state index contributed by atoms with van der Waals surface area (Å²) in [6.45, 7) is 0.423. The summed E-state index contributed by atoms with van der Waals surface area (Å²) in [6, 6.07) is 6.68. The summed E-state index contributed by atoms with van der Waals surface area (Å²) in [4.78, 5) is 28.0. The van der Waals surface area contributed by atoms with Crippen molar-refractivity contribution >= 4 is 17.6 Å². The molecule has 1 atom stereocenters. The molecule has 0 fully saturated rings. The van der Waals surface area contributed by atoms with Gasteiger partial charge in [0.2, 0.25) is 5.91 Å². The highest BCUT2D eigenvalue weighted by Gasteiger charge is 2.24. The number of ether oxygens (including phenoxy) is 1. The number of carbonyl (C=O) groups is 2. The molecule has 0 radical (unpaired) electrons. The second-order valence-corrected chi connectivity index (χ2v) is 5.25. The van der Waals surface area contributed by atoms with E-state index in [2.05, 4.69) is 15.2 Å². The van der Waals surface area contributed by atoms with Crippen LogP contribution in [0.15, 0.2) is 29.4 Å². The minimum Gasteiger partial charge on any atom is -0.508 e. The van der Waals surface area contributed by atoms with Crippen LogP contribution < -0.4 is 5.32 Å². The van der Waals surface area contributed by atoms with Crippen molar-refractivity contribution in [3.63, 3.8) is 0 Å². The lowest BCUT2D eigenvalue weighted by molar-refractivity contribution is -0.140. The van der Waals surface area contributed by atoms with Crippen LogP contribution in [0.5, 0.6) is 5.75 Å². The molecule has 0 saturated heterocycles. The van der Waals surface area contributed by atoms with Crippen LogP contribution in [0.25, 0.3) is 0 Å². The molecule has 0 saturated carbocycles. The fourth-order valence-electron chi connectivity index (χ4n) is 2.20. The molecular formula is C16H20N2O5. The molecule has 2 rings (SSSR count). The molecule has 124 valence electrons. The number of phenols is 1. The van der Waals surface area contributed by atoms with Crippen molar-refractivity contribution in [1.82, 2.24) is 5.32 Å². The molecule has 2 N–H and O–H groups in total. The molecule has 1 aliphatic heterocycles. The lowest BCUT2D eigenvalue weighted by atomic mass is 10.0. The van der Waals surface area contributed by atoms with Gasteiger partial charge >= 0.3 is 5.97 Å². The Kier molecular flexibility index (Phi) is 5.96. The monoisotopic (exact) mass is 320 g/mol. The van der Waals surface area contributed by atoms with E-state index in [0.29, 0.717) is 19.4 Å². The first-order valence-corrected chi connectivity index (χ1v) is 7.44. The third kappa shape index (κ3) is 5.28. The SMILES string of the molecule is COC(=O)CCCNC(=O)CC1CC(c2ccc(O)cc2)=NO1. The Bertz CT molecular complexity index is 583. The molecular weight excluding hydrogens is 300 g/mol. The van der Waals surface area contributed by atoms with Gasteiger partial charge in [-0.2, -0.15) is 0 Å². The predicted molar refractivity (Wildman–Crippen MR) is 83.0 cm³/mol. The minimum absolute atomic E-state index is 0.137. The van der Waals surface area contributed by atoms with Crippen LogP contribution in [0.2, 0.25) is 0 Å². The normalized spacial score (nSPS) is 16.4. The van der Waals surface area contributed by atoms with Gasteiger partial charge in [-0.05, 0) is 36.2 Å². The zero-order valence-corrected chi connectivity index (χ0v) is 12.9. The first-order valence-electron chi connectivity index (χ1n) is 7.44. The van der Waals surface area contributed by atoms with Crippen molar-refractivity contribution < 1.29 is 24.3 Å². The van der Waals surface area contributed by atoms with Gasteiger partial charge < -0.3 is 20.0 Å². The van der Waals surface area contributed by atoms with Crippen molar-refractivity contribution in [2.45, 2.75) is 31.8 Å². The number of carbonyl (C=O) groups excluding carboxylic acids is 2.